The Morgan fingerprint density at radius 2 is 1.94 bits per heavy atom. The smallest absolute Gasteiger partial charge is 0.0235 e. The van der Waals surface area contributed by atoms with Gasteiger partial charge in [0.2, 0.25) is 0 Å². The lowest BCUT2D eigenvalue weighted by Gasteiger charge is -2.39. The van der Waals surface area contributed by atoms with Crippen LogP contribution < -0.4 is 5.32 Å². The van der Waals surface area contributed by atoms with Crippen LogP contribution in [-0.4, -0.2) is 62.7 Å². The Balaban J connectivity index is 1.79. The van der Waals surface area contributed by atoms with E-state index in [1.807, 2.05) is 0 Å². The van der Waals surface area contributed by atoms with Crippen molar-refractivity contribution < 1.29 is 0 Å². The van der Waals surface area contributed by atoms with Crippen molar-refractivity contribution in [3.8, 4) is 0 Å². The lowest BCUT2D eigenvalue weighted by atomic mass is 9.99. The Kier molecular flexibility index (Phi) is 4.22. The summed E-state index contributed by atoms with van der Waals surface area (Å²) < 4.78 is 0. The van der Waals surface area contributed by atoms with E-state index in [0.717, 1.165) is 18.0 Å². The van der Waals surface area contributed by atoms with Gasteiger partial charge in [0, 0.05) is 31.7 Å². The minimum absolute atomic E-state index is 0.728. The summed E-state index contributed by atoms with van der Waals surface area (Å²) in [7, 11) is 6.65. The summed E-state index contributed by atoms with van der Waals surface area (Å²) in [6.07, 6.45) is 5.65. The fourth-order valence-corrected chi connectivity index (χ4v) is 2.77. The molecule has 2 unspecified atom stereocenters. The number of rotatable bonds is 5. The maximum atomic E-state index is 3.51. The molecule has 2 rings (SSSR count). The van der Waals surface area contributed by atoms with Gasteiger partial charge in [0.25, 0.3) is 0 Å². The van der Waals surface area contributed by atoms with E-state index in [2.05, 4.69) is 36.3 Å². The third kappa shape index (κ3) is 3.44. The summed E-state index contributed by atoms with van der Waals surface area (Å²) in [5, 5.41) is 3.51. The molecule has 0 spiro atoms. The molecule has 0 aromatic carbocycles. The first-order chi connectivity index (χ1) is 7.69. The average Bonchev–Trinajstić information content (AvgIpc) is 3.06. The van der Waals surface area contributed by atoms with Crippen LogP contribution in [-0.2, 0) is 0 Å². The lowest BCUT2D eigenvalue weighted by Crippen LogP contribution is -2.52. The van der Waals surface area contributed by atoms with Gasteiger partial charge in [-0.25, -0.2) is 0 Å². The van der Waals surface area contributed by atoms with Gasteiger partial charge in [-0.1, -0.05) is 12.8 Å². The van der Waals surface area contributed by atoms with Crippen LogP contribution in [0.5, 0.6) is 0 Å². The van der Waals surface area contributed by atoms with Gasteiger partial charge in [-0.2, -0.15) is 0 Å². The van der Waals surface area contributed by atoms with Crippen molar-refractivity contribution in [3.05, 3.63) is 0 Å². The Bertz CT molecular complexity index is 215. The molecule has 16 heavy (non-hydrogen) atoms. The summed E-state index contributed by atoms with van der Waals surface area (Å²) in [4.78, 5) is 5.01. The van der Waals surface area contributed by atoms with Crippen LogP contribution in [0.3, 0.4) is 0 Å². The zero-order valence-corrected chi connectivity index (χ0v) is 11.1. The predicted octanol–water partition coefficient (Wildman–Crippen LogP) is 1.01. The molecule has 2 aliphatic rings. The van der Waals surface area contributed by atoms with Gasteiger partial charge < -0.3 is 15.1 Å². The summed E-state index contributed by atoms with van der Waals surface area (Å²) in [5.41, 5.74) is 0. The topological polar surface area (TPSA) is 18.5 Å². The first-order valence-corrected chi connectivity index (χ1v) is 6.75. The maximum Gasteiger partial charge on any atom is 0.0235 e. The van der Waals surface area contributed by atoms with Crippen LogP contribution in [0.25, 0.3) is 0 Å². The SMILES string of the molecule is CNC(CC1CC1)CC1CN(C)CCN1C. The molecule has 1 aliphatic heterocycles. The second-order valence-corrected chi connectivity index (χ2v) is 5.80. The van der Waals surface area contributed by atoms with Crippen molar-refractivity contribution in [1.82, 2.24) is 15.1 Å². The van der Waals surface area contributed by atoms with Crippen molar-refractivity contribution in [3.63, 3.8) is 0 Å². The van der Waals surface area contributed by atoms with Crippen LogP contribution in [0.15, 0.2) is 0 Å². The van der Waals surface area contributed by atoms with Crippen LogP contribution in [0.1, 0.15) is 25.7 Å². The van der Waals surface area contributed by atoms with Gasteiger partial charge in [-0.05, 0) is 39.9 Å². The molecule has 1 saturated carbocycles. The van der Waals surface area contributed by atoms with Crippen LogP contribution in [0, 0.1) is 5.92 Å². The molecule has 94 valence electrons. The van der Waals surface area contributed by atoms with Crippen LogP contribution >= 0.6 is 0 Å². The molecule has 0 bridgehead atoms. The summed E-state index contributed by atoms with van der Waals surface area (Å²) in [5.74, 6) is 1.03. The fraction of sp³-hybridized carbons (Fsp3) is 1.00. The largest absolute Gasteiger partial charge is 0.317 e. The number of hydrogen-bond acceptors (Lipinski definition) is 3. The summed E-state index contributed by atoms with van der Waals surface area (Å²) in [6, 6.07) is 1.47. The van der Waals surface area contributed by atoms with Crippen molar-refractivity contribution >= 4 is 0 Å². The van der Waals surface area contributed by atoms with Crippen molar-refractivity contribution in [1.29, 1.82) is 0 Å². The average molecular weight is 225 g/mol. The van der Waals surface area contributed by atoms with Gasteiger partial charge >= 0.3 is 0 Å². The first kappa shape index (κ1) is 12.3. The number of piperazine rings is 1. The van der Waals surface area contributed by atoms with Gasteiger partial charge in [0.05, 0.1) is 0 Å². The number of nitrogens with one attached hydrogen (secondary N) is 1. The Hall–Kier alpha value is -0.120. The molecule has 0 amide bonds. The van der Waals surface area contributed by atoms with Crippen molar-refractivity contribution in [2.45, 2.75) is 37.8 Å². The Labute approximate surface area is 100 Å². The van der Waals surface area contributed by atoms with Crippen LogP contribution in [0.2, 0.25) is 0 Å². The van der Waals surface area contributed by atoms with Gasteiger partial charge in [0.15, 0.2) is 0 Å². The number of nitrogens with zero attached hydrogens (tertiary/aromatic N) is 2. The predicted molar refractivity (Wildman–Crippen MR) is 68.7 cm³/mol. The van der Waals surface area contributed by atoms with E-state index in [9.17, 15) is 0 Å². The van der Waals surface area contributed by atoms with Gasteiger partial charge in [-0.15, -0.1) is 0 Å². The minimum atomic E-state index is 0.728. The third-order valence-electron chi connectivity index (χ3n) is 4.26. The van der Waals surface area contributed by atoms with Crippen molar-refractivity contribution in [2.75, 3.05) is 40.8 Å². The molecule has 1 saturated heterocycles. The summed E-state index contributed by atoms with van der Waals surface area (Å²) >= 11 is 0. The summed E-state index contributed by atoms with van der Waals surface area (Å²) in [6.45, 7) is 3.68. The standard InChI is InChI=1S/C13H27N3/c1-14-12(8-11-4-5-11)9-13-10-15(2)6-7-16(13)3/h11-14H,4-10H2,1-3H3. The number of likely N-dealkylation sites (N-methyl/N-ethyl adjacent to an activating group) is 2. The molecule has 0 aromatic rings. The molecule has 0 radical (unpaired) electrons. The highest BCUT2D eigenvalue weighted by molar-refractivity contribution is 4.86. The zero-order chi connectivity index (χ0) is 11.5. The van der Waals surface area contributed by atoms with Gasteiger partial charge in [0.1, 0.15) is 0 Å². The van der Waals surface area contributed by atoms with E-state index < -0.39 is 0 Å². The Morgan fingerprint density at radius 3 is 2.56 bits per heavy atom. The van der Waals surface area contributed by atoms with Gasteiger partial charge in [-0.3, -0.25) is 0 Å². The second kappa shape index (κ2) is 5.48. The third-order valence-corrected chi connectivity index (χ3v) is 4.26. The highest BCUT2D eigenvalue weighted by atomic mass is 15.3. The monoisotopic (exact) mass is 225 g/mol. The highest BCUT2D eigenvalue weighted by Gasteiger charge is 2.29. The van der Waals surface area contributed by atoms with Crippen molar-refractivity contribution in [2.24, 2.45) is 5.92 Å². The van der Waals surface area contributed by atoms with E-state index >= 15 is 0 Å². The molecule has 1 heterocycles. The quantitative estimate of drug-likeness (QED) is 0.753. The molecular weight excluding hydrogens is 198 g/mol. The van der Waals surface area contributed by atoms with E-state index in [1.165, 1.54) is 45.3 Å². The molecule has 3 nitrogen and oxygen atoms in total. The van der Waals surface area contributed by atoms with E-state index in [0.29, 0.717) is 0 Å². The molecule has 3 heteroatoms. The second-order valence-electron chi connectivity index (χ2n) is 5.80. The normalized spacial score (nSPS) is 30.6. The fourth-order valence-electron chi connectivity index (χ4n) is 2.77. The minimum Gasteiger partial charge on any atom is -0.317 e. The lowest BCUT2D eigenvalue weighted by molar-refractivity contribution is 0.100. The molecule has 0 aromatic heterocycles. The zero-order valence-electron chi connectivity index (χ0n) is 11.1. The molecule has 1 N–H and O–H groups in total. The molecule has 2 fully saturated rings. The van der Waals surface area contributed by atoms with E-state index in [4.69, 9.17) is 0 Å². The molecule has 1 aliphatic carbocycles. The molecule has 2 atom stereocenters. The highest BCUT2D eigenvalue weighted by Crippen LogP contribution is 2.34. The maximum absolute atomic E-state index is 3.51. The van der Waals surface area contributed by atoms with Crippen LogP contribution in [0.4, 0.5) is 0 Å². The van der Waals surface area contributed by atoms with E-state index in [1.54, 1.807) is 0 Å². The first-order valence-electron chi connectivity index (χ1n) is 6.75. The Morgan fingerprint density at radius 1 is 1.19 bits per heavy atom. The number of hydrogen-bond donors (Lipinski definition) is 1. The van der Waals surface area contributed by atoms with E-state index in [-0.39, 0.29) is 0 Å². The molecular formula is C13H27N3.